The van der Waals surface area contributed by atoms with Crippen molar-refractivity contribution in [3.05, 3.63) is 23.5 Å². The number of anilines is 1. The van der Waals surface area contributed by atoms with Crippen LogP contribution in [-0.2, 0) is 11.2 Å². The predicted molar refractivity (Wildman–Crippen MR) is 84.8 cm³/mol. The molecular weight excluding hydrogens is 328 g/mol. The number of amides is 1. The second-order valence-electron chi connectivity index (χ2n) is 4.12. The zero-order chi connectivity index (χ0) is 14.7. The number of nitrogens with one attached hydrogen (secondary N) is 1. The zero-order valence-corrected chi connectivity index (χ0v) is 13.3. The van der Waals surface area contributed by atoms with Crippen LogP contribution in [0.5, 0.6) is 0 Å². The number of fused-ring (bicyclic) bond motifs is 1. The van der Waals surface area contributed by atoms with E-state index in [1.807, 2.05) is 22.2 Å². The molecule has 1 amide bonds. The molecule has 3 rings (SSSR count). The van der Waals surface area contributed by atoms with Crippen LogP contribution in [0.4, 0.5) is 5.13 Å². The maximum Gasteiger partial charge on any atom is 0.230 e. The van der Waals surface area contributed by atoms with E-state index in [0.717, 1.165) is 17.1 Å². The molecule has 0 atom stereocenters. The van der Waals surface area contributed by atoms with Crippen LogP contribution in [0.3, 0.4) is 0 Å². The summed E-state index contributed by atoms with van der Waals surface area (Å²) in [6.45, 7) is 0.572. The van der Waals surface area contributed by atoms with Crippen molar-refractivity contribution in [2.45, 2.75) is 10.8 Å². The number of aromatic nitrogens is 4. The van der Waals surface area contributed by atoms with Crippen LogP contribution in [0.2, 0.25) is 0 Å². The topological polar surface area (TPSA) is 98.2 Å². The monoisotopic (exact) mass is 340 g/mol. The highest BCUT2D eigenvalue weighted by atomic mass is 32.2. The molecule has 3 aromatic heterocycles. The van der Waals surface area contributed by atoms with E-state index in [4.69, 9.17) is 5.73 Å². The third-order valence-corrected chi connectivity index (χ3v) is 5.25. The van der Waals surface area contributed by atoms with Gasteiger partial charge in [0, 0.05) is 30.7 Å². The Morgan fingerprint density at radius 1 is 1.48 bits per heavy atom. The van der Waals surface area contributed by atoms with Gasteiger partial charge in [-0.25, -0.2) is 4.98 Å². The van der Waals surface area contributed by atoms with E-state index in [1.165, 1.54) is 23.1 Å². The van der Waals surface area contributed by atoms with Crippen LogP contribution in [-0.4, -0.2) is 37.8 Å². The standard InChI is InChI=1S/C11H12N6OS3/c12-9-15-16-11(21-9)20-6-8(18)13-2-1-7-5-17-3-4-19-10(17)14-7/h3-5H,1-2,6H2,(H2,12,15)(H,13,18). The first-order chi connectivity index (χ1) is 10.2. The van der Waals surface area contributed by atoms with Gasteiger partial charge in [0.1, 0.15) is 0 Å². The average Bonchev–Trinajstić information content (AvgIpc) is 3.12. The van der Waals surface area contributed by atoms with Gasteiger partial charge < -0.3 is 11.1 Å². The minimum absolute atomic E-state index is 0.0326. The molecule has 0 saturated heterocycles. The van der Waals surface area contributed by atoms with Crippen LogP contribution < -0.4 is 11.1 Å². The van der Waals surface area contributed by atoms with Crippen LogP contribution >= 0.6 is 34.4 Å². The molecule has 10 heteroatoms. The molecule has 0 saturated carbocycles. The number of thiazole rings is 1. The largest absolute Gasteiger partial charge is 0.374 e. The first-order valence-electron chi connectivity index (χ1n) is 6.10. The molecule has 0 aliphatic heterocycles. The molecule has 0 aliphatic carbocycles. The van der Waals surface area contributed by atoms with Gasteiger partial charge in [-0.3, -0.25) is 9.20 Å². The molecule has 0 spiro atoms. The molecule has 3 aromatic rings. The molecule has 0 radical (unpaired) electrons. The Hall–Kier alpha value is -1.65. The first kappa shape index (κ1) is 14.3. The van der Waals surface area contributed by atoms with Gasteiger partial charge in [0.15, 0.2) is 9.30 Å². The van der Waals surface area contributed by atoms with Crippen molar-refractivity contribution in [2.75, 3.05) is 18.0 Å². The summed E-state index contributed by atoms with van der Waals surface area (Å²) in [5.74, 6) is 0.280. The Morgan fingerprint density at radius 3 is 3.14 bits per heavy atom. The Bertz CT molecular complexity index is 719. The minimum Gasteiger partial charge on any atom is -0.374 e. The molecule has 0 unspecified atom stereocenters. The molecule has 3 heterocycles. The van der Waals surface area contributed by atoms with E-state index in [0.29, 0.717) is 21.8 Å². The second kappa shape index (κ2) is 6.41. The van der Waals surface area contributed by atoms with Crippen LogP contribution in [0.25, 0.3) is 4.96 Å². The van der Waals surface area contributed by atoms with Crippen LogP contribution in [0, 0.1) is 0 Å². The number of thioether (sulfide) groups is 1. The van der Waals surface area contributed by atoms with E-state index in [9.17, 15) is 4.79 Å². The number of imidazole rings is 1. The van der Waals surface area contributed by atoms with E-state index in [1.54, 1.807) is 11.3 Å². The number of rotatable bonds is 6. The number of carbonyl (C=O) groups excluding carboxylic acids is 1. The molecular formula is C11H12N6OS3. The molecule has 7 nitrogen and oxygen atoms in total. The summed E-state index contributed by atoms with van der Waals surface area (Å²) in [5, 5.41) is 12.8. The van der Waals surface area contributed by atoms with Gasteiger partial charge in [0.05, 0.1) is 11.4 Å². The van der Waals surface area contributed by atoms with Crippen molar-refractivity contribution in [3.63, 3.8) is 0 Å². The summed E-state index contributed by atoms with van der Waals surface area (Å²) in [4.78, 5) is 17.1. The summed E-state index contributed by atoms with van der Waals surface area (Å²) in [6, 6.07) is 0. The fourth-order valence-corrected chi connectivity index (χ4v) is 3.87. The first-order valence-corrected chi connectivity index (χ1v) is 8.78. The molecule has 3 N–H and O–H groups in total. The number of hydrogen-bond acceptors (Lipinski definition) is 8. The van der Waals surface area contributed by atoms with E-state index < -0.39 is 0 Å². The van der Waals surface area contributed by atoms with E-state index in [-0.39, 0.29) is 5.91 Å². The average molecular weight is 340 g/mol. The molecule has 0 fully saturated rings. The van der Waals surface area contributed by atoms with Crippen LogP contribution in [0.15, 0.2) is 22.1 Å². The van der Waals surface area contributed by atoms with Gasteiger partial charge >= 0.3 is 0 Å². The third kappa shape index (κ3) is 3.71. The number of nitrogens with two attached hydrogens (primary N) is 1. The number of nitrogen functional groups attached to an aromatic ring is 1. The fourth-order valence-electron chi connectivity index (χ4n) is 1.68. The minimum atomic E-state index is -0.0326. The molecule has 0 aromatic carbocycles. The zero-order valence-electron chi connectivity index (χ0n) is 10.9. The van der Waals surface area contributed by atoms with Crippen LogP contribution in [0.1, 0.15) is 5.69 Å². The van der Waals surface area contributed by atoms with Gasteiger partial charge in [-0.2, -0.15) is 0 Å². The normalized spacial score (nSPS) is 11.0. The third-order valence-electron chi connectivity index (χ3n) is 2.60. The lowest BCUT2D eigenvalue weighted by atomic mass is 10.3. The maximum absolute atomic E-state index is 11.7. The predicted octanol–water partition coefficient (Wildman–Crippen LogP) is 1.28. The molecule has 0 aliphatic rings. The highest BCUT2D eigenvalue weighted by Crippen LogP contribution is 2.22. The van der Waals surface area contributed by atoms with Crippen molar-refractivity contribution in [3.8, 4) is 0 Å². The molecule has 110 valence electrons. The van der Waals surface area contributed by atoms with Gasteiger partial charge in [-0.05, 0) is 0 Å². The van der Waals surface area contributed by atoms with Crippen molar-refractivity contribution in [2.24, 2.45) is 0 Å². The summed E-state index contributed by atoms with van der Waals surface area (Å²) in [7, 11) is 0. The van der Waals surface area contributed by atoms with E-state index in [2.05, 4.69) is 20.5 Å². The summed E-state index contributed by atoms with van der Waals surface area (Å²) >= 11 is 4.21. The van der Waals surface area contributed by atoms with Gasteiger partial charge in [0.2, 0.25) is 11.0 Å². The number of hydrogen-bond donors (Lipinski definition) is 2. The Morgan fingerprint density at radius 2 is 2.38 bits per heavy atom. The highest BCUT2D eigenvalue weighted by Gasteiger charge is 2.07. The van der Waals surface area contributed by atoms with Gasteiger partial charge in [0.25, 0.3) is 0 Å². The quantitative estimate of drug-likeness (QED) is 0.656. The van der Waals surface area contributed by atoms with Crippen molar-refractivity contribution in [1.82, 2.24) is 24.9 Å². The highest BCUT2D eigenvalue weighted by molar-refractivity contribution is 8.01. The Balaban J connectivity index is 1.40. The lowest BCUT2D eigenvalue weighted by molar-refractivity contribution is -0.118. The van der Waals surface area contributed by atoms with E-state index >= 15 is 0 Å². The maximum atomic E-state index is 11.7. The summed E-state index contributed by atoms with van der Waals surface area (Å²) in [6.07, 6.45) is 4.67. The van der Waals surface area contributed by atoms with Gasteiger partial charge in [-0.15, -0.1) is 21.5 Å². The lowest BCUT2D eigenvalue weighted by Crippen LogP contribution is -2.27. The summed E-state index contributed by atoms with van der Waals surface area (Å²) < 4.78 is 2.69. The Kier molecular flexibility index (Phi) is 4.36. The van der Waals surface area contributed by atoms with Crippen molar-refractivity contribution >= 4 is 50.4 Å². The fraction of sp³-hybridized carbons (Fsp3) is 0.273. The number of nitrogens with zero attached hydrogens (tertiary/aromatic N) is 4. The van der Waals surface area contributed by atoms with Gasteiger partial charge in [-0.1, -0.05) is 23.1 Å². The second-order valence-corrected chi connectivity index (χ2v) is 7.22. The number of carbonyl (C=O) groups is 1. The molecule has 21 heavy (non-hydrogen) atoms. The molecule has 0 bridgehead atoms. The Labute approximate surface area is 132 Å². The van der Waals surface area contributed by atoms with Crippen molar-refractivity contribution in [1.29, 1.82) is 0 Å². The van der Waals surface area contributed by atoms with Crippen molar-refractivity contribution < 1.29 is 4.79 Å². The summed E-state index contributed by atoms with van der Waals surface area (Å²) in [5.41, 5.74) is 6.45. The SMILES string of the molecule is Nc1nnc(SCC(=O)NCCc2cn3ccsc3n2)s1. The lowest BCUT2D eigenvalue weighted by Gasteiger charge is -2.02. The smallest absolute Gasteiger partial charge is 0.230 e.